The first-order chi connectivity index (χ1) is 62.0. The van der Waals surface area contributed by atoms with E-state index in [4.69, 9.17) is 42.6 Å². The predicted octanol–water partition coefficient (Wildman–Crippen LogP) is 17.2. The van der Waals surface area contributed by atoms with Gasteiger partial charge in [0.2, 0.25) is 0 Å². The van der Waals surface area contributed by atoms with Crippen LogP contribution < -0.4 is 0 Å². The zero-order chi connectivity index (χ0) is 104. The van der Waals surface area contributed by atoms with E-state index in [9.17, 15) is 88.8 Å². The highest BCUT2D eigenvalue weighted by Gasteiger charge is 2.53. The standard InChI is InChI=1S/C21H39NO5.C18H33NO5.2C16H29NO5.C15H27NO5.C13H23NO5/c1-6-26-18(23)13-11-9-7-8-10-12-14-19(24)27-17-15-20(2,3)22(25)21(4,5)16-17;1-17(2)12-14(13-18(3,4)19(17)22)24-16(21)11-9-7-6-8-10-15(20)23-5;1-15(2)10-12(11-16(3,4)17(15)20)22-14(19)9-7-6-8-13(18)21-5;1-6-21-13(18)8-7-9-14(19)22-12-10-15(2,3)17(20)16(4,5)11-12;1-6-20-12(17)7-8-13(18)21-11-9-14(2,3)16(19)15(4,5)10-11;1-6-18-10(15)11(16)19-9-7-12(2,3)14(17)13(4,5)8-9/h17,25H,6-16H2,1-5H3;14,22H,6-13H2,1-5H3;2*12,20H,6-11H2,1-5H3;11,19H,6-10H2,1-5H3;9,17H,6-8H2,1-5H3. The first-order valence-electron chi connectivity index (χ1n) is 48.9. The first kappa shape index (κ1) is 126. The molecule has 6 aliphatic heterocycles. The van der Waals surface area contributed by atoms with Crippen molar-refractivity contribution in [1.29, 1.82) is 0 Å². The molecule has 36 nitrogen and oxygen atoms in total. The minimum Gasteiger partial charge on any atom is -0.469 e. The Labute approximate surface area is 806 Å². The molecule has 0 aromatic carbocycles. The first-order valence-corrected chi connectivity index (χ1v) is 48.9. The summed E-state index contributed by atoms with van der Waals surface area (Å²) in [5, 5.41) is 69.4. The van der Waals surface area contributed by atoms with Crippen LogP contribution in [0.4, 0.5) is 0 Å². The van der Waals surface area contributed by atoms with Crippen molar-refractivity contribution in [3.63, 3.8) is 0 Å². The molecule has 6 rings (SSSR count). The molecule has 6 saturated heterocycles. The summed E-state index contributed by atoms with van der Waals surface area (Å²) >= 11 is 0. The smallest absolute Gasteiger partial charge is 0.417 e. The average Bonchev–Trinajstić information content (AvgIpc) is 0.812. The molecule has 6 N–H and O–H groups in total. The van der Waals surface area contributed by atoms with Crippen LogP contribution in [0.1, 0.15) is 419 Å². The van der Waals surface area contributed by atoms with Crippen molar-refractivity contribution in [3.05, 3.63) is 0 Å². The fourth-order valence-electron chi connectivity index (χ4n) is 19.3. The molecular formula is C99H180N6O30. The summed E-state index contributed by atoms with van der Waals surface area (Å²) in [4.78, 5) is 138. The van der Waals surface area contributed by atoms with Crippen molar-refractivity contribution >= 4 is 71.6 Å². The van der Waals surface area contributed by atoms with E-state index in [0.717, 1.165) is 64.2 Å². The van der Waals surface area contributed by atoms with Gasteiger partial charge in [0, 0.05) is 195 Å². The molecule has 786 valence electrons. The summed E-state index contributed by atoms with van der Waals surface area (Å²) in [7, 11) is 2.75. The maximum atomic E-state index is 12.1. The summed E-state index contributed by atoms with van der Waals surface area (Å²) < 4.78 is 61.2. The number of methoxy groups -OCH3 is 2. The number of piperidine rings is 6. The Morgan fingerprint density at radius 3 is 0.556 bits per heavy atom. The second kappa shape index (κ2) is 57.2. The fourth-order valence-corrected chi connectivity index (χ4v) is 19.3. The largest absolute Gasteiger partial charge is 0.469 e. The third-order valence-electron chi connectivity index (χ3n) is 25.0. The van der Waals surface area contributed by atoms with E-state index in [2.05, 4.69) is 14.2 Å². The molecule has 0 aromatic rings. The lowest BCUT2D eigenvalue weighted by atomic mass is 9.80. The van der Waals surface area contributed by atoms with Gasteiger partial charge in [-0.05, 0) is 239 Å². The van der Waals surface area contributed by atoms with E-state index in [1.54, 1.807) is 20.8 Å². The number of hydroxylamine groups is 12. The number of esters is 12. The lowest BCUT2D eigenvalue weighted by Gasteiger charge is -2.50. The Bertz CT molecular complexity index is 3560. The lowest BCUT2D eigenvalue weighted by Crippen LogP contribution is -2.60. The number of carbonyl (C=O) groups excluding carboxylic acids is 12. The molecule has 135 heavy (non-hydrogen) atoms. The zero-order valence-electron chi connectivity index (χ0n) is 88.2. The van der Waals surface area contributed by atoms with E-state index in [1.165, 1.54) is 44.6 Å². The summed E-state index contributed by atoms with van der Waals surface area (Å²) in [5.74, 6) is -4.42. The van der Waals surface area contributed by atoms with Gasteiger partial charge in [-0.25, -0.2) is 9.59 Å². The molecule has 0 aromatic heterocycles. The highest BCUT2D eigenvalue weighted by molar-refractivity contribution is 6.29. The SMILES string of the molecule is CCOC(=O)C(=O)OC1CC(C)(C)N(O)C(C)(C)C1.CCOC(=O)CCC(=O)OC1CC(C)(C)N(O)C(C)(C)C1.CCOC(=O)CCCC(=O)OC1CC(C)(C)N(O)C(C)(C)C1.CCOC(=O)CCCCCCCCC(=O)OC1CC(C)(C)N(O)C(C)(C)C1.COC(=O)CCCCC(=O)OC1CC(C)(C)N(O)C(C)(C)C1.COC(=O)CCCCCCC(=O)OC1CC(C)(C)N(O)C(C)(C)C1. The molecule has 6 aliphatic rings. The monoisotopic (exact) mass is 1930 g/mol. The quantitative estimate of drug-likeness (QED) is 0.0145. The summed E-state index contributed by atoms with van der Waals surface area (Å²) in [6.07, 6.45) is 19.3. The minimum atomic E-state index is -0.968. The van der Waals surface area contributed by atoms with E-state index in [-0.39, 0.29) is 117 Å². The third kappa shape index (κ3) is 46.4. The number of carbonyl (C=O) groups is 12. The molecule has 0 saturated carbocycles. The molecule has 0 spiro atoms. The summed E-state index contributed by atoms with van der Waals surface area (Å²) in [6.45, 7) is 54.4. The number of rotatable bonds is 38. The Kier molecular flexibility index (Phi) is 53.4. The summed E-state index contributed by atoms with van der Waals surface area (Å²) in [6, 6.07) is 0. The molecule has 0 unspecified atom stereocenters. The van der Waals surface area contributed by atoms with Gasteiger partial charge in [-0.15, -0.1) is 0 Å². The molecule has 0 aliphatic carbocycles. The van der Waals surface area contributed by atoms with Gasteiger partial charge in [0.15, 0.2) is 0 Å². The van der Waals surface area contributed by atoms with Gasteiger partial charge in [0.1, 0.15) is 36.6 Å². The van der Waals surface area contributed by atoms with Crippen LogP contribution in [0, 0.1) is 0 Å². The van der Waals surface area contributed by atoms with Crippen LogP contribution in [0.3, 0.4) is 0 Å². The van der Waals surface area contributed by atoms with E-state index in [1.807, 2.05) is 173 Å². The second-order valence-electron chi connectivity index (χ2n) is 44.0. The van der Waals surface area contributed by atoms with Gasteiger partial charge in [-0.2, -0.15) is 30.4 Å². The average molecular weight is 1930 g/mol. The molecule has 0 bridgehead atoms. The van der Waals surface area contributed by atoms with Crippen molar-refractivity contribution in [2.75, 3.05) is 40.6 Å². The molecule has 0 radical (unpaired) electrons. The minimum absolute atomic E-state index is 0.0268. The van der Waals surface area contributed by atoms with Gasteiger partial charge < -0.3 is 88.1 Å². The molecule has 6 heterocycles. The Morgan fingerprint density at radius 2 is 0.348 bits per heavy atom. The molecule has 0 atom stereocenters. The van der Waals surface area contributed by atoms with Gasteiger partial charge in [0.25, 0.3) is 0 Å². The van der Waals surface area contributed by atoms with Crippen molar-refractivity contribution < 1.29 is 146 Å². The van der Waals surface area contributed by atoms with Crippen LogP contribution in [0.25, 0.3) is 0 Å². The van der Waals surface area contributed by atoms with Crippen molar-refractivity contribution in [3.8, 4) is 0 Å². The van der Waals surface area contributed by atoms with Crippen LogP contribution in [-0.4, -0.2) is 277 Å². The maximum Gasteiger partial charge on any atom is 0.417 e. The lowest BCUT2D eigenvalue weighted by molar-refractivity contribution is -0.259. The Balaban J connectivity index is 0.000000812. The van der Waals surface area contributed by atoms with E-state index >= 15 is 0 Å². The molecule has 36 heteroatoms. The third-order valence-corrected chi connectivity index (χ3v) is 25.0. The Morgan fingerprint density at radius 1 is 0.200 bits per heavy atom. The van der Waals surface area contributed by atoms with E-state index in [0.29, 0.717) is 155 Å². The second-order valence-corrected chi connectivity index (χ2v) is 44.0. The normalized spacial score (nSPS) is 21.2. The van der Waals surface area contributed by atoms with Crippen LogP contribution >= 0.6 is 0 Å². The van der Waals surface area contributed by atoms with Gasteiger partial charge in [-0.3, -0.25) is 47.9 Å². The van der Waals surface area contributed by atoms with Crippen LogP contribution in [0.15, 0.2) is 0 Å². The van der Waals surface area contributed by atoms with Crippen LogP contribution in [-0.2, 0) is 114 Å². The molecular weight excluding hydrogens is 1750 g/mol. The molecule has 6 fully saturated rings. The Hall–Kier alpha value is -6.84. The number of nitrogens with zero attached hydrogens (tertiary/aromatic N) is 6. The topological polar surface area (TPSA) is 456 Å². The van der Waals surface area contributed by atoms with Crippen molar-refractivity contribution in [2.45, 2.75) is 522 Å². The predicted molar refractivity (Wildman–Crippen MR) is 502 cm³/mol. The van der Waals surface area contributed by atoms with Gasteiger partial charge >= 0.3 is 71.6 Å². The van der Waals surface area contributed by atoms with Gasteiger partial charge in [-0.1, -0.05) is 38.5 Å². The maximum absolute atomic E-state index is 12.1. The van der Waals surface area contributed by atoms with Crippen LogP contribution in [0.5, 0.6) is 0 Å². The van der Waals surface area contributed by atoms with Crippen LogP contribution in [0.2, 0.25) is 0 Å². The number of hydrogen-bond donors (Lipinski definition) is 6. The zero-order valence-corrected chi connectivity index (χ0v) is 88.2. The van der Waals surface area contributed by atoms with Crippen molar-refractivity contribution in [2.24, 2.45) is 0 Å². The van der Waals surface area contributed by atoms with Crippen molar-refractivity contribution in [1.82, 2.24) is 30.4 Å². The van der Waals surface area contributed by atoms with E-state index < -0.39 is 90.5 Å². The van der Waals surface area contributed by atoms with Gasteiger partial charge in [0.05, 0.1) is 53.5 Å². The number of hydrogen-bond acceptors (Lipinski definition) is 36. The molecule has 0 amide bonds. The summed E-state index contributed by atoms with van der Waals surface area (Å²) in [5.41, 5.74) is -5.39. The number of unbranched alkanes of at least 4 members (excludes halogenated alkanes) is 9. The fraction of sp³-hybridized carbons (Fsp3) is 0.879. The highest BCUT2D eigenvalue weighted by Crippen LogP contribution is 2.44. The number of ether oxygens (including phenoxy) is 12. The highest BCUT2D eigenvalue weighted by atomic mass is 16.6.